The summed E-state index contributed by atoms with van der Waals surface area (Å²) in [6.07, 6.45) is 0. The van der Waals surface area contributed by atoms with Crippen LogP contribution in [0.1, 0.15) is 16.6 Å². The van der Waals surface area contributed by atoms with Gasteiger partial charge in [0.15, 0.2) is 5.13 Å². The van der Waals surface area contributed by atoms with Gasteiger partial charge in [-0.3, -0.25) is 0 Å². The smallest absolute Gasteiger partial charge is 0.350 e. The van der Waals surface area contributed by atoms with E-state index in [0.29, 0.717) is 38.0 Å². The van der Waals surface area contributed by atoms with Crippen molar-refractivity contribution in [3.8, 4) is 11.3 Å². The van der Waals surface area contributed by atoms with Crippen LogP contribution in [0.3, 0.4) is 0 Å². The number of anilines is 2. The molecule has 0 radical (unpaired) electrons. The highest BCUT2D eigenvalue weighted by molar-refractivity contribution is 7.18. The Balaban J connectivity index is 2.01. The van der Waals surface area contributed by atoms with Gasteiger partial charge in [-0.25, -0.2) is 9.78 Å². The molecule has 0 saturated carbocycles. The summed E-state index contributed by atoms with van der Waals surface area (Å²) in [6, 6.07) is 14.6. The number of rotatable bonds is 5. The largest absolute Gasteiger partial charge is 0.462 e. The van der Waals surface area contributed by atoms with Crippen LogP contribution in [0.2, 0.25) is 10.0 Å². The average molecular weight is 393 g/mol. The zero-order valence-electron chi connectivity index (χ0n) is 13.3. The summed E-state index contributed by atoms with van der Waals surface area (Å²) in [6.45, 7) is 2.07. The van der Waals surface area contributed by atoms with Crippen LogP contribution in [0, 0.1) is 0 Å². The Morgan fingerprint density at radius 2 is 1.96 bits per heavy atom. The first-order chi connectivity index (χ1) is 12.1. The highest BCUT2D eigenvalue weighted by Crippen LogP contribution is 2.35. The van der Waals surface area contributed by atoms with Crippen molar-refractivity contribution in [1.82, 2.24) is 4.98 Å². The second-order valence-corrected chi connectivity index (χ2v) is 6.88. The molecular weight excluding hydrogens is 379 g/mol. The van der Waals surface area contributed by atoms with Crippen molar-refractivity contribution in [2.24, 2.45) is 0 Å². The number of carbonyl (C=O) groups excluding carboxylic acids is 1. The van der Waals surface area contributed by atoms with Gasteiger partial charge in [-0.2, -0.15) is 0 Å². The Morgan fingerprint density at radius 1 is 1.20 bits per heavy atom. The van der Waals surface area contributed by atoms with Gasteiger partial charge in [-0.15, -0.1) is 0 Å². The number of hydrogen-bond acceptors (Lipinski definition) is 5. The molecule has 0 bridgehead atoms. The maximum atomic E-state index is 12.3. The molecule has 0 aliphatic carbocycles. The van der Waals surface area contributed by atoms with Crippen LogP contribution in [0.4, 0.5) is 10.8 Å². The Morgan fingerprint density at radius 3 is 2.68 bits per heavy atom. The van der Waals surface area contributed by atoms with Crippen LogP contribution in [0.15, 0.2) is 48.5 Å². The number of benzene rings is 2. The minimum Gasteiger partial charge on any atom is -0.462 e. The fourth-order valence-electron chi connectivity index (χ4n) is 2.21. The lowest BCUT2D eigenvalue weighted by Crippen LogP contribution is -2.03. The van der Waals surface area contributed by atoms with Crippen LogP contribution in [0.25, 0.3) is 11.3 Å². The van der Waals surface area contributed by atoms with E-state index in [-0.39, 0.29) is 0 Å². The zero-order valence-corrected chi connectivity index (χ0v) is 15.6. The summed E-state index contributed by atoms with van der Waals surface area (Å²) in [5.41, 5.74) is 2.04. The minimum atomic E-state index is -0.399. The summed E-state index contributed by atoms with van der Waals surface area (Å²) < 4.78 is 5.15. The number of thiazole rings is 1. The molecule has 0 saturated heterocycles. The molecule has 128 valence electrons. The highest BCUT2D eigenvalue weighted by atomic mass is 35.5. The third-order valence-corrected chi connectivity index (χ3v) is 4.82. The molecule has 1 aromatic heterocycles. The number of halogens is 2. The molecule has 0 aliphatic rings. The number of ether oxygens (including phenoxy) is 1. The van der Waals surface area contributed by atoms with Crippen molar-refractivity contribution in [1.29, 1.82) is 0 Å². The monoisotopic (exact) mass is 392 g/mol. The number of esters is 1. The Bertz CT molecular complexity index is 897. The van der Waals surface area contributed by atoms with Crippen LogP contribution >= 0.6 is 34.5 Å². The van der Waals surface area contributed by atoms with Gasteiger partial charge in [-0.05, 0) is 25.1 Å². The second-order valence-electron chi connectivity index (χ2n) is 5.03. The summed E-state index contributed by atoms with van der Waals surface area (Å²) in [4.78, 5) is 17.3. The van der Waals surface area contributed by atoms with Crippen LogP contribution in [-0.4, -0.2) is 17.6 Å². The fraction of sp³-hybridized carbons (Fsp3) is 0.111. The molecule has 25 heavy (non-hydrogen) atoms. The fourth-order valence-corrected chi connectivity index (χ4v) is 3.44. The van der Waals surface area contributed by atoms with Crippen molar-refractivity contribution in [2.45, 2.75) is 6.92 Å². The Kier molecular flexibility index (Phi) is 5.58. The maximum absolute atomic E-state index is 12.3. The third kappa shape index (κ3) is 4.12. The molecule has 0 fully saturated rings. The minimum absolute atomic E-state index is 0.299. The molecule has 1 heterocycles. The number of carbonyl (C=O) groups is 1. The first kappa shape index (κ1) is 17.7. The zero-order chi connectivity index (χ0) is 17.8. The Labute approximate surface area is 159 Å². The predicted molar refractivity (Wildman–Crippen MR) is 103 cm³/mol. The lowest BCUT2D eigenvalue weighted by atomic mass is 10.1. The number of hydrogen-bond donors (Lipinski definition) is 1. The third-order valence-electron chi connectivity index (χ3n) is 3.31. The SMILES string of the molecule is CCOC(=O)c1sc(Nc2cc(Cl)ccc2Cl)nc1-c1ccccc1. The van der Waals surface area contributed by atoms with E-state index in [0.717, 1.165) is 5.56 Å². The second kappa shape index (κ2) is 7.87. The molecule has 0 unspecified atom stereocenters. The van der Waals surface area contributed by atoms with Crippen molar-refractivity contribution in [3.05, 3.63) is 63.5 Å². The molecule has 2 aromatic carbocycles. The molecule has 0 amide bonds. The van der Waals surface area contributed by atoms with Gasteiger partial charge in [0.2, 0.25) is 0 Å². The van der Waals surface area contributed by atoms with Gasteiger partial charge in [0.25, 0.3) is 0 Å². The van der Waals surface area contributed by atoms with E-state index >= 15 is 0 Å². The summed E-state index contributed by atoms with van der Waals surface area (Å²) in [7, 11) is 0. The molecule has 3 rings (SSSR count). The number of aromatic nitrogens is 1. The van der Waals surface area contributed by atoms with Gasteiger partial charge < -0.3 is 10.1 Å². The first-order valence-electron chi connectivity index (χ1n) is 7.54. The lowest BCUT2D eigenvalue weighted by molar-refractivity contribution is 0.0532. The van der Waals surface area contributed by atoms with E-state index < -0.39 is 5.97 Å². The molecule has 1 N–H and O–H groups in total. The quantitative estimate of drug-likeness (QED) is 0.537. The molecule has 0 aliphatic heterocycles. The number of nitrogens with zero attached hydrogens (tertiary/aromatic N) is 1. The topological polar surface area (TPSA) is 51.2 Å². The van der Waals surface area contributed by atoms with Crippen LogP contribution in [0.5, 0.6) is 0 Å². The van der Waals surface area contributed by atoms with E-state index in [9.17, 15) is 4.79 Å². The van der Waals surface area contributed by atoms with Crippen molar-refractivity contribution in [3.63, 3.8) is 0 Å². The molecule has 3 aromatic rings. The van der Waals surface area contributed by atoms with E-state index in [1.165, 1.54) is 11.3 Å². The van der Waals surface area contributed by atoms with E-state index in [1.807, 2.05) is 30.3 Å². The van der Waals surface area contributed by atoms with Crippen LogP contribution in [-0.2, 0) is 4.74 Å². The van der Waals surface area contributed by atoms with Crippen LogP contribution < -0.4 is 5.32 Å². The highest BCUT2D eigenvalue weighted by Gasteiger charge is 2.21. The van der Waals surface area contributed by atoms with E-state index in [4.69, 9.17) is 27.9 Å². The van der Waals surface area contributed by atoms with Gasteiger partial charge in [0.1, 0.15) is 4.88 Å². The summed E-state index contributed by atoms with van der Waals surface area (Å²) in [5.74, 6) is -0.399. The molecule has 7 heteroatoms. The molecule has 4 nitrogen and oxygen atoms in total. The van der Waals surface area contributed by atoms with Gasteiger partial charge in [-0.1, -0.05) is 64.9 Å². The van der Waals surface area contributed by atoms with Crippen molar-refractivity contribution in [2.75, 3.05) is 11.9 Å². The van der Waals surface area contributed by atoms with Gasteiger partial charge >= 0.3 is 5.97 Å². The maximum Gasteiger partial charge on any atom is 0.350 e. The summed E-state index contributed by atoms with van der Waals surface area (Å²) in [5, 5.41) is 4.72. The van der Waals surface area contributed by atoms with Gasteiger partial charge in [0, 0.05) is 10.6 Å². The normalized spacial score (nSPS) is 10.5. The molecule has 0 spiro atoms. The van der Waals surface area contributed by atoms with Gasteiger partial charge in [0.05, 0.1) is 23.0 Å². The summed E-state index contributed by atoms with van der Waals surface area (Å²) >= 11 is 13.4. The molecular formula is C18H14Cl2N2O2S. The predicted octanol–water partition coefficient (Wildman–Crippen LogP) is 6.04. The van der Waals surface area contributed by atoms with Crippen molar-refractivity contribution < 1.29 is 9.53 Å². The standard InChI is InChI=1S/C18H14Cl2N2O2S/c1-2-24-17(23)16-15(11-6-4-3-5-7-11)22-18(25-16)21-14-10-12(19)8-9-13(14)20/h3-10H,2H2,1H3,(H,21,22). The number of nitrogens with one attached hydrogen (secondary N) is 1. The Hall–Kier alpha value is -2.08. The lowest BCUT2D eigenvalue weighted by Gasteiger charge is -2.05. The van der Waals surface area contributed by atoms with Crippen molar-refractivity contribution >= 4 is 51.3 Å². The first-order valence-corrected chi connectivity index (χ1v) is 9.11. The average Bonchev–Trinajstić information content (AvgIpc) is 3.03. The van der Waals surface area contributed by atoms with E-state index in [1.54, 1.807) is 25.1 Å². The molecule has 0 atom stereocenters. The van der Waals surface area contributed by atoms with E-state index in [2.05, 4.69) is 10.3 Å².